The molecule has 0 fully saturated rings. The molecule has 0 saturated heterocycles. The smallest absolute Gasteiger partial charge is 0.216 e. The molecular formula is C12H15FN2O. The Morgan fingerprint density at radius 2 is 2.31 bits per heavy atom. The van der Waals surface area contributed by atoms with Gasteiger partial charge in [-0.05, 0) is 18.6 Å². The van der Waals surface area contributed by atoms with Gasteiger partial charge in [-0.25, -0.2) is 4.39 Å². The fraction of sp³-hybridized carbons (Fsp3) is 0.250. The first-order valence-electron chi connectivity index (χ1n) is 5.06. The fourth-order valence-electron chi connectivity index (χ4n) is 1.26. The van der Waals surface area contributed by atoms with E-state index in [1.807, 2.05) is 0 Å². The van der Waals surface area contributed by atoms with Crippen molar-refractivity contribution in [2.45, 2.75) is 13.3 Å². The monoisotopic (exact) mass is 222 g/mol. The van der Waals surface area contributed by atoms with E-state index in [-0.39, 0.29) is 11.7 Å². The van der Waals surface area contributed by atoms with Gasteiger partial charge in [0.15, 0.2) is 0 Å². The molecule has 86 valence electrons. The zero-order valence-electron chi connectivity index (χ0n) is 9.16. The van der Waals surface area contributed by atoms with Crippen LogP contribution in [0.1, 0.15) is 18.9 Å². The Morgan fingerprint density at radius 3 is 2.94 bits per heavy atom. The second-order valence-electron chi connectivity index (χ2n) is 3.42. The Labute approximate surface area is 94.1 Å². The number of hydrogen-bond acceptors (Lipinski definition) is 2. The predicted molar refractivity (Wildman–Crippen MR) is 63.1 cm³/mol. The quantitative estimate of drug-likeness (QED) is 0.604. The molecule has 0 atom stereocenters. The Hall–Kier alpha value is -1.84. The standard InChI is InChI=1S/C12H15FN2O/c1-9(16)15-8-3-2-5-10-11(13)6-4-7-12(10)14/h2,4-7H,3,8,14H2,1H3,(H,15,16). The van der Waals surface area contributed by atoms with Crippen LogP contribution < -0.4 is 11.1 Å². The second-order valence-corrected chi connectivity index (χ2v) is 3.42. The van der Waals surface area contributed by atoms with Gasteiger partial charge >= 0.3 is 0 Å². The lowest BCUT2D eigenvalue weighted by molar-refractivity contribution is -0.118. The maximum Gasteiger partial charge on any atom is 0.216 e. The second kappa shape index (κ2) is 5.90. The topological polar surface area (TPSA) is 55.1 Å². The number of carbonyl (C=O) groups excluding carboxylic acids is 1. The molecule has 1 aromatic carbocycles. The molecule has 0 aliphatic carbocycles. The predicted octanol–water partition coefficient (Wildman–Crippen LogP) is 1.95. The number of hydrogen-bond donors (Lipinski definition) is 2. The number of nitrogen functional groups attached to an aromatic ring is 1. The molecule has 0 heterocycles. The summed E-state index contributed by atoms with van der Waals surface area (Å²) in [5, 5.41) is 2.65. The van der Waals surface area contributed by atoms with Crippen LogP contribution in [0.5, 0.6) is 0 Å². The van der Waals surface area contributed by atoms with Crippen LogP contribution in [0.25, 0.3) is 6.08 Å². The Bertz CT molecular complexity index is 382. The molecule has 0 radical (unpaired) electrons. The van der Waals surface area contributed by atoms with Crippen molar-refractivity contribution in [1.82, 2.24) is 5.32 Å². The van der Waals surface area contributed by atoms with Gasteiger partial charge in [-0.3, -0.25) is 4.79 Å². The van der Waals surface area contributed by atoms with E-state index in [4.69, 9.17) is 5.73 Å². The van der Waals surface area contributed by atoms with Gasteiger partial charge in [0.2, 0.25) is 5.91 Å². The third-order valence-corrected chi connectivity index (χ3v) is 2.06. The molecule has 1 amide bonds. The number of amides is 1. The number of nitrogens with two attached hydrogens (primary N) is 1. The van der Waals surface area contributed by atoms with Crippen LogP contribution in [-0.4, -0.2) is 12.5 Å². The van der Waals surface area contributed by atoms with Crippen molar-refractivity contribution >= 4 is 17.7 Å². The number of carbonyl (C=O) groups is 1. The third kappa shape index (κ3) is 3.73. The Kier molecular flexibility index (Phi) is 4.51. The van der Waals surface area contributed by atoms with E-state index in [9.17, 15) is 9.18 Å². The average molecular weight is 222 g/mol. The van der Waals surface area contributed by atoms with Gasteiger partial charge in [0.1, 0.15) is 5.82 Å². The van der Waals surface area contributed by atoms with Crippen LogP contribution in [0.2, 0.25) is 0 Å². The average Bonchev–Trinajstić information content (AvgIpc) is 2.21. The van der Waals surface area contributed by atoms with Crippen molar-refractivity contribution in [2.75, 3.05) is 12.3 Å². The molecule has 3 nitrogen and oxygen atoms in total. The molecule has 0 aliphatic rings. The molecular weight excluding hydrogens is 207 g/mol. The van der Waals surface area contributed by atoms with Gasteiger partial charge in [0.25, 0.3) is 0 Å². The van der Waals surface area contributed by atoms with Crippen LogP contribution in [0.3, 0.4) is 0 Å². The van der Waals surface area contributed by atoms with Crippen molar-refractivity contribution in [3.8, 4) is 0 Å². The number of halogens is 1. The highest BCUT2D eigenvalue weighted by Gasteiger charge is 2.00. The minimum Gasteiger partial charge on any atom is -0.398 e. The first kappa shape index (κ1) is 12.2. The highest BCUT2D eigenvalue weighted by atomic mass is 19.1. The van der Waals surface area contributed by atoms with E-state index in [1.54, 1.807) is 24.3 Å². The fourth-order valence-corrected chi connectivity index (χ4v) is 1.26. The van der Waals surface area contributed by atoms with Crippen molar-refractivity contribution in [2.24, 2.45) is 0 Å². The van der Waals surface area contributed by atoms with Crippen LogP contribution in [-0.2, 0) is 4.79 Å². The SMILES string of the molecule is CC(=O)NCCC=Cc1c(N)cccc1F. The molecule has 16 heavy (non-hydrogen) atoms. The van der Waals surface area contributed by atoms with E-state index in [0.717, 1.165) is 0 Å². The Balaban J connectivity index is 2.53. The molecule has 0 saturated carbocycles. The summed E-state index contributed by atoms with van der Waals surface area (Å²) < 4.78 is 13.3. The largest absolute Gasteiger partial charge is 0.398 e. The maximum absolute atomic E-state index is 13.3. The maximum atomic E-state index is 13.3. The number of anilines is 1. The molecule has 0 unspecified atom stereocenters. The van der Waals surface area contributed by atoms with Gasteiger partial charge in [0.05, 0.1) is 0 Å². The van der Waals surface area contributed by atoms with E-state index in [1.165, 1.54) is 13.0 Å². The summed E-state index contributed by atoms with van der Waals surface area (Å²) in [5.74, 6) is -0.408. The van der Waals surface area contributed by atoms with E-state index in [2.05, 4.69) is 5.32 Å². The lowest BCUT2D eigenvalue weighted by Crippen LogP contribution is -2.20. The molecule has 1 rings (SSSR count). The number of nitrogens with one attached hydrogen (secondary N) is 1. The van der Waals surface area contributed by atoms with Crippen LogP contribution in [0.15, 0.2) is 24.3 Å². The minimum absolute atomic E-state index is 0.0706. The minimum atomic E-state index is -0.337. The summed E-state index contributed by atoms with van der Waals surface area (Å²) in [6.45, 7) is 2.00. The van der Waals surface area contributed by atoms with Gasteiger partial charge in [0, 0.05) is 24.7 Å². The summed E-state index contributed by atoms with van der Waals surface area (Å²) in [5.41, 5.74) is 6.43. The van der Waals surface area contributed by atoms with Crippen LogP contribution in [0.4, 0.5) is 10.1 Å². The van der Waals surface area contributed by atoms with Crippen molar-refractivity contribution < 1.29 is 9.18 Å². The summed E-state index contributed by atoms with van der Waals surface area (Å²) >= 11 is 0. The first-order chi connectivity index (χ1) is 7.61. The Morgan fingerprint density at radius 1 is 1.56 bits per heavy atom. The summed E-state index contributed by atoms with van der Waals surface area (Å²) in [6, 6.07) is 4.58. The molecule has 0 aliphatic heterocycles. The van der Waals surface area contributed by atoms with Crippen molar-refractivity contribution in [1.29, 1.82) is 0 Å². The lowest BCUT2D eigenvalue weighted by atomic mass is 10.1. The van der Waals surface area contributed by atoms with E-state index >= 15 is 0 Å². The highest BCUT2D eigenvalue weighted by molar-refractivity contribution is 5.72. The van der Waals surface area contributed by atoms with Gasteiger partial charge < -0.3 is 11.1 Å². The molecule has 4 heteroatoms. The van der Waals surface area contributed by atoms with Crippen LogP contribution in [0, 0.1) is 5.82 Å². The van der Waals surface area contributed by atoms with E-state index < -0.39 is 0 Å². The van der Waals surface area contributed by atoms with Gasteiger partial charge in [-0.1, -0.05) is 18.2 Å². The summed E-state index contributed by atoms with van der Waals surface area (Å²) in [6.07, 6.45) is 4.06. The molecule has 1 aromatic rings. The zero-order valence-corrected chi connectivity index (χ0v) is 9.16. The van der Waals surface area contributed by atoms with E-state index in [0.29, 0.717) is 24.2 Å². The highest BCUT2D eigenvalue weighted by Crippen LogP contribution is 2.17. The number of rotatable bonds is 4. The lowest BCUT2D eigenvalue weighted by Gasteiger charge is -2.01. The first-order valence-corrected chi connectivity index (χ1v) is 5.06. The third-order valence-electron chi connectivity index (χ3n) is 2.06. The summed E-state index contributed by atoms with van der Waals surface area (Å²) in [7, 11) is 0. The molecule has 0 spiro atoms. The van der Waals surface area contributed by atoms with Crippen molar-refractivity contribution in [3.05, 3.63) is 35.7 Å². The molecule has 0 aromatic heterocycles. The number of benzene rings is 1. The van der Waals surface area contributed by atoms with Crippen molar-refractivity contribution in [3.63, 3.8) is 0 Å². The van der Waals surface area contributed by atoms with Crippen LogP contribution >= 0.6 is 0 Å². The summed E-state index contributed by atoms with van der Waals surface area (Å²) in [4.78, 5) is 10.6. The normalized spacial score (nSPS) is 10.6. The van der Waals surface area contributed by atoms with Gasteiger partial charge in [-0.2, -0.15) is 0 Å². The van der Waals surface area contributed by atoms with Gasteiger partial charge in [-0.15, -0.1) is 0 Å². The molecule has 3 N–H and O–H groups in total. The zero-order chi connectivity index (χ0) is 12.0. The molecule has 0 bridgehead atoms.